The molecule has 3 nitrogen and oxygen atoms in total. The first-order valence-corrected chi connectivity index (χ1v) is 7.04. The second-order valence-electron chi connectivity index (χ2n) is 4.36. The van der Waals surface area contributed by atoms with Crippen molar-refractivity contribution >= 4 is 33.2 Å². The molecule has 1 aromatic heterocycles. The standard InChI is InChI=1S/C11H15BrN2OS/c1-11(3-5-13-6-4-11)14-10(15)9-8(12)2-7-16-9/h2,7,13H,3-6H2,1H3,(H,14,15). The highest BCUT2D eigenvalue weighted by molar-refractivity contribution is 9.10. The monoisotopic (exact) mass is 302 g/mol. The van der Waals surface area contributed by atoms with Gasteiger partial charge >= 0.3 is 0 Å². The molecular formula is C11H15BrN2OS. The summed E-state index contributed by atoms with van der Waals surface area (Å²) in [5.74, 6) is 0.0336. The van der Waals surface area contributed by atoms with E-state index in [0.717, 1.165) is 35.3 Å². The molecule has 0 atom stereocenters. The number of nitrogens with one attached hydrogen (secondary N) is 2. The predicted molar refractivity (Wildman–Crippen MR) is 70.0 cm³/mol. The number of piperidine rings is 1. The average molecular weight is 303 g/mol. The zero-order chi connectivity index (χ0) is 11.6. The summed E-state index contributed by atoms with van der Waals surface area (Å²) in [6.07, 6.45) is 1.98. The molecule has 0 radical (unpaired) electrons. The molecule has 0 saturated carbocycles. The summed E-state index contributed by atoms with van der Waals surface area (Å²) in [5, 5.41) is 8.36. The van der Waals surface area contributed by atoms with Crippen molar-refractivity contribution in [3.63, 3.8) is 0 Å². The highest BCUT2D eigenvalue weighted by atomic mass is 79.9. The molecule has 1 amide bonds. The van der Waals surface area contributed by atoms with E-state index in [1.807, 2.05) is 11.4 Å². The summed E-state index contributed by atoms with van der Waals surface area (Å²) >= 11 is 4.86. The molecule has 0 bridgehead atoms. The maximum atomic E-state index is 12.0. The van der Waals surface area contributed by atoms with Gasteiger partial charge < -0.3 is 10.6 Å². The van der Waals surface area contributed by atoms with Crippen LogP contribution in [0, 0.1) is 0 Å². The van der Waals surface area contributed by atoms with Gasteiger partial charge in [-0.3, -0.25) is 4.79 Å². The molecule has 1 aliphatic heterocycles. The Morgan fingerprint density at radius 3 is 2.81 bits per heavy atom. The highest BCUT2D eigenvalue weighted by Gasteiger charge is 2.29. The van der Waals surface area contributed by atoms with Crippen LogP contribution in [0.2, 0.25) is 0 Å². The maximum absolute atomic E-state index is 12.0. The van der Waals surface area contributed by atoms with Crippen molar-refractivity contribution in [3.8, 4) is 0 Å². The van der Waals surface area contributed by atoms with Crippen LogP contribution < -0.4 is 10.6 Å². The normalized spacial score (nSPS) is 19.4. The third kappa shape index (κ3) is 2.64. The largest absolute Gasteiger partial charge is 0.346 e. The molecule has 1 aliphatic rings. The van der Waals surface area contributed by atoms with Crippen LogP contribution in [0.4, 0.5) is 0 Å². The first-order chi connectivity index (χ1) is 7.61. The quantitative estimate of drug-likeness (QED) is 0.881. The minimum atomic E-state index is -0.0637. The molecule has 0 spiro atoms. The molecule has 0 unspecified atom stereocenters. The zero-order valence-corrected chi connectivity index (χ0v) is 11.6. The van der Waals surface area contributed by atoms with Crippen molar-refractivity contribution in [1.82, 2.24) is 10.6 Å². The summed E-state index contributed by atoms with van der Waals surface area (Å²) < 4.78 is 0.882. The Balaban J connectivity index is 2.04. The van der Waals surface area contributed by atoms with E-state index < -0.39 is 0 Å². The lowest BCUT2D eigenvalue weighted by Gasteiger charge is -2.34. The Kier molecular flexibility index (Phi) is 3.66. The van der Waals surface area contributed by atoms with E-state index >= 15 is 0 Å². The number of halogens is 1. The molecule has 2 N–H and O–H groups in total. The predicted octanol–water partition coefficient (Wildman–Crippen LogP) is 2.38. The van der Waals surface area contributed by atoms with Gasteiger partial charge in [-0.2, -0.15) is 0 Å². The number of hydrogen-bond donors (Lipinski definition) is 2. The number of rotatable bonds is 2. The molecule has 0 aromatic carbocycles. The van der Waals surface area contributed by atoms with E-state index in [9.17, 15) is 4.79 Å². The van der Waals surface area contributed by atoms with E-state index in [4.69, 9.17) is 0 Å². The van der Waals surface area contributed by atoms with E-state index in [0.29, 0.717) is 0 Å². The average Bonchev–Trinajstić information content (AvgIpc) is 2.65. The van der Waals surface area contributed by atoms with Gasteiger partial charge in [0.05, 0.1) is 0 Å². The molecule has 2 rings (SSSR count). The van der Waals surface area contributed by atoms with Crippen LogP contribution >= 0.6 is 27.3 Å². The van der Waals surface area contributed by atoms with Crippen molar-refractivity contribution in [3.05, 3.63) is 20.8 Å². The smallest absolute Gasteiger partial charge is 0.262 e. The van der Waals surface area contributed by atoms with Crippen LogP contribution in [0.3, 0.4) is 0 Å². The Hall–Kier alpha value is -0.390. The molecule has 2 heterocycles. The summed E-state index contributed by atoms with van der Waals surface area (Å²) in [4.78, 5) is 12.8. The van der Waals surface area contributed by atoms with E-state index in [1.165, 1.54) is 11.3 Å². The summed E-state index contributed by atoms with van der Waals surface area (Å²) in [5.41, 5.74) is -0.0637. The second-order valence-corrected chi connectivity index (χ2v) is 6.13. The van der Waals surface area contributed by atoms with Crippen LogP contribution in [0.15, 0.2) is 15.9 Å². The lowest BCUT2D eigenvalue weighted by molar-refractivity contribution is 0.0891. The Morgan fingerprint density at radius 2 is 2.25 bits per heavy atom. The zero-order valence-electron chi connectivity index (χ0n) is 9.18. The topological polar surface area (TPSA) is 41.1 Å². The summed E-state index contributed by atoms with van der Waals surface area (Å²) in [7, 11) is 0. The molecule has 1 saturated heterocycles. The van der Waals surface area contributed by atoms with Crippen molar-refractivity contribution in [2.45, 2.75) is 25.3 Å². The molecule has 5 heteroatoms. The second kappa shape index (κ2) is 4.85. The van der Waals surface area contributed by atoms with Gasteiger partial charge in [0.15, 0.2) is 0 Å². The molecule has 1 fully saturated rings. The number of carbonyl (C=O) groups is 1. The lowest BCUT2D eigenvalue weighted by Crippen LogP contribution is -2.52. The first-order valence-electron chi connectivity index (χ1n) is 5.37. The molecule has 16 heavy (non-hydrogen) atoms. The van der Waals surface area contributed by atoms with Crippen LogP contribution in [0.5, 0.6) is 0 Å². The summed E-state index contributed by atoms with van der Waals surface area (Å²) in [6, 6.07) is 1.91. The van der Waals surface area contributed by atoms with Crippen LogP contribution in [-0.4, -0.2) is 24.5 Å². The SMILES string of the molecule is CC1(NC(=O)c2sccc2Br)CCNCC1. The van der Waals surface area contributed by atoms with Crippen molar-refractivity contribution < 1.29 is 4.79 Å². The van der Waals surface area contributed by atoms with Gasteiger partial charge in [-0.05, 0) is 60.2 Å². The van der Waals surface area contributed by atoms with Crippen LogP contribution in [-0.2, 0) is 0 Å². The molecule has 88 valence electrons. The van der Waals surface area contributed by atoms with Gasteiger partial charge in [0.2, 0.25) is 0 Å². The minimum absolute atomic E-state index is 0.0336. The first kappa shape index (κ1) is 12.1. The number of thiophene rings is 1. The van der Waals surface area contributed by atoms with Gasteiger partial charge in [-0.25, -0.2) is 0 Å². The van der Waals surface area contributed by atoms with Gasteiger partial charge in [-0.15, -0.1) is 11.3 Å². The van der Waals surface area contributed by atoms with Crippen molar-refractivity contribution in [1.29, 1.82) is 0 Å². The Bertz CT molecular complexity index is 385. The van der Waals surface area contributed by atoms with Gasteiger partial charge in [-0.1, -0.05) is 0 Å². The highest BCUT2D eigenvalue weighted by Crippen LogP contribution is 2.24. The van der Waals surface area contributed by atoms with Crippen LogP contribution in [0.25, 0.3) is 0 Å². The van der Waals surface area contributed by atoms with Gasteiger partial charge in [0.25, 0.3) is 5.91 Å². The number of hydrogen-bond acceptors (Lipinski definition) is 3. The summed E-state index contributed by atoms with van der Waals surface area (Å²) in [6.45, 7) is 4.07. The number of amides is 1. The molecular weight excluding hydrogens is 288 g/mol. The van der Waals surface area contributed by atoms with E-state index in [2.05, 4.69) is 33.5 Å². The Morgan fingerprint density at radius 1 is 1.56 bits per heavy atom. The van der Waals surface area contributed by atoms with Crippen LogP contribution in [0.1, 0.15) is 29.4 Å². The number of carbonyl (C=O) groups excluding carboxylic acids is 1. The fourth-order valence-electron chi connectivity index (χ4n) is 1.89. The Labute approximate surface area is 108 Å². The maximum Gasteiger partial charge on any atom is 0.262 e. The fraction of sp³-hybridized carbons (Fsp3) is 0.545. The van der Waals surface area contributed by atoms with Crippen molar-refractivity contribution in [2.24, 2.45) is 0 Å². The van der Waals surface area contributed by atoms with E-state index in [1.54, 1.807) is 0 Å². The van der Waals surface area contributed by atoms with Gasteiger partial charge in [0.1, 0.15) is 4.88 Å². The molecule has 1 aromatic rings. The third-order valence-electron chi connectivity index (χ3n) is 2.95. The lowest BCUT2D eigenvalue weighted by atomic mass is 9.90. The minimum Gasteiger partial charge on any atom is -0.346 e. The van der Waals surface area contributed by atoms with Gasteiger partial charge in [0, 0.05) is 10.0 Å². The van der Waals surface area contributed by atoms with E-state index in [-0.39, 0.29) is 11.4 Å². The third-order valence-corrected chi connectivity index (χ3v) is 4.78. The fourth-order valence-corrected chi connectivity index (χ4v) is 3.34. The molecule has 0 aliphatic carbocycles. The van der Waals surface area contributed by atoms with Crippen molar-refractivity contribution in [2.75, 3.05) is 13.1 Å².